The number of piperidine rings is 1. The van der Waals surface area contributed by atoms with E-state index in [-0.39, 0.29) is 18.4 Å². The van der Waals surface area contributed by atoms with Crippen LogP contribution >= 0.6 is 0 Å². The molecular weight excluding hydrogens is 480 g/mol. The number of amides is 2. The third-order valence-electron chi connectivity index (χ3n) is 8.06. The van der Waals surface area contributed by atoms with Crippen molar-refractivity contribution in [2.45, 2.75) is 63.3 Å². The summed E-state index contributed by atoms with van der Waals surface area (Å²) in [5.74, 6) is -1.73. The number of hydrogen-bond acceptors (Lipinski definition) is 4. The second-order valence-corrected chi connectivity index (χ2v) is 10.5. The first-order valence-corrected chi connectivity index (χ1v) is 13.8. The highest BCUT2D eigenvalue weighted by Crippen LogP contribution is 2.45. The summed E-state index contributed by atoms with van der Waals surface area (Å²) in [6, 6.07) is 13.5. The van der Waals surface area contributed by atoms with Gasteiger partial charge in [0.15, 0.2) is 6.61 Å². The first-order valence-electron chi connectivity index (χ1n) is 13.8. The molecule has 200 valence electrons. The minimum atomic E-state index is -0.990. The summed E-state index contributed by atoms with van der Waals surface area (Å²) in [7, 11) is 0. The molecule has 0 bridgehead atoms. The first kappa shape index (κ1) is 26.0. The Kier molecular flexibility index (Phi) is 8.11. The minimum absolute atomic E-state index is 0.0690. The van der Waals surface area contributed by atoms with Crippen molar-refractivity contribution in [3.05, 3.63) is 76.9 Å². The van der Waals surface area contributed by atoms with Gasteiger partial charge in [-0.3, -0.25) is 14.4 Å². The molecule has 2 aliphatic heterocycles. The number of carbonyl (C=O) groups excluding carboxylic acids is 2. The summed E-state index contributed by atoms with van der Waals surface area (Å²) >= 11 is 0. The smallest absolute Gasteiger partial charge is 0.313 e. The van der Waals surface area contributed by atoms with Crippen molar-refractivity contribution in [3.8, 4) is 5.75 Å². The van der Waals surface area contributed by atoms with E-state index in [9.17, 15) is 19.5 Å². The van der Waals surface area contributed by atoms with Crippen molar-refractivity contribution in [1.29, 1.82) is 0 Å². The SMILES string of the molecule is O=C(O)C1c2ccccc2C(=O)N(CCC2=CCCCC2)C1c1ccccc1OCC(=O)N1CCCCC1. The largest absolute Gasteiger partial charge is 0.483 e. The number of likely N-dealkylation sites (tertiary alicyclic amines) is 1. The van der Waals surface area contributed by atoms with Crippen molar-refractivity contribution in [2.75, 3.05) is 26.2 Å². The van der Waals surface area contributed by atoms with Crippen LogP contribution in [0.15, 0.2) is 60.2 Å². The zero-order chi connectivity index (χ0) is 26.5. The summed E-state index contributed by atoms with van der Waals surface area (Å²) in [6.07, 6.45) is 10.5. The molecule has 2 amide bonds. The Morgan fingerprint density at radius 2 is 1.66 bits per heavy atom. The molecule has 2 atom stereocenters. The van der Waals surface area contributed by atoms with Gasteiger partial charge in [-0.05, 0) is 69.1 Å². The number of fused-ring (bicyclic) bond motifs is 1. The average molecular weight is 517 g/mol. The predicted octanol–water partition coefficient (Wildman–Crippen LogP) is 5.33. The molecule has 38 heavy (non-hydrogen) atoms. The molecule has 2 unspecified atom stereocenters. The van der Waals surface area contributed by atoms with Crippen molar-refractivity contribution < 1.29 is 24.2 Å². The third kappa shape index (κ3) is 5.47. The van der Waals surface area contributed by atoms with Crippen LogP contribution in [0.2, 0.25) is 0 Å². The van der Waals surface area contributed by atoms with E-state index in [2.05, 4.69) is 6.08 Å². The number of rotatable bonds is 8. The summed E-state index contributed by atoms with van der Waals surface area (Å²) < 4.78 is 6.07. The third-order valence-corrected chi connectivity index (χ3v) is 8.06. The molecule has 5 rings (SSSR count). The number of nitrogens with zero attached hydrogens (tertiary/aromatic N) is 2. The van der Waals surface area contributed by atoms with E-state index in [1.54, 1.807) is 35.2 Å². The van der Waals surface area contributed by atoms with Crippen molar-refractivity contribution in [3.63, 3.8) is 0 Å². The Bertz CT molecular complexity index is 1220. The van der Waals surface area contributed by atoms with Gasteiger partial charge in [0.25, 0.3) is 11.8 Å². The lowest BCUT2D eigenvalue weighted by Gasteiger charge is -2.41. The highest BCUT2D eigenvalue weighted by atomic mass is 16.5. The van der Waals surface area contributed by atoms with Crippen LogP contribution in [0.25, 0.3) is 0 Å². The number of ether oxygens (including phenoxy) is 1. The molecular formula is C31H36N2O5. The fourth-order valence-corrected chi connectivity index (χ4v) is 6.08. The molecule has 0 radical (unpaired) electrons. The van der Waals surface area contributed by atoms with E-state index in [1.165, 1.54) is 12.0 Å². The highest BCUT2D eigenvalue weighted by molar-refractivity contribution is 6.00. The Morgan fingerprint density at radius 1 is 0.921 bits per heavy atom. The van der Waals surface area contributed by atoms with Gasteiger partial charge in [-0.25, -0.2) is 0 Å². The molecule has 7 nitrogen and oxygen atoms in total. The maximum atomic E-state index is 13.8. The van der Waals surface area contributed by atoms with Gasteiger partial charge in [0.2, 0.25) is 0 Å². The van der Waals surface area contributed by atoms with Gasteiger partial charge in [0.1, 0.15) is 11.7 Å². The van der Waals surface area contributed by atoms with Crippen LogP contribution in [-0.2, 0) is 9.59 Å². The van der Waals surface area contributed by atoms with E-state index < -0.39 is 17.9 Å². The van der Waals surface area contributed by atoms with E-state index in [0.29, 0.717) is 35.4 Å². The molecule has 0 saturated carbocycles. The van der Waals surface area contributed by atoms with E-state index in [4.69, 9.17) is 4.74 Å². The fourth-order valence-electron chi connectivity index (χ4n) is 6.08. The molecule has 2 aromatic rings. The molecule has 1 N–H and O–H groups in total. The second kappa shape index (κ2) is 11.8. The minimum Gasteiger partial charge on any atom is -0.483 e. The topological polar surface area (TPSA) is 87.1 Å². The van der Waals surface area contributed by atoms with E-state index >= 15 is 0 Å². The summed E-state index contributed by atoms with van der Waals surface area (Å²) in [6.45, 7) is 1.79. The molecule has 2 aromatic carbocycles. The van der Waals surface area contributed by atoms with Crippen molar-refractivity contribution in [1.82, 2.24) is 9.80 Å². The standard InChI is InChI=1S/C31H36N2O5/c34-27(32-18-9-2-10-19-32)21-38-26-16-8-7-15-25(26)29-28(31(36)37)23-13-5-6-14-24(23)30(35)33(29)20-17-22-11-3-1-4-12-22/h5-8,11,13-16,28-29H,1-4,9-10,12,17-21H2,(H,36,37). The Hall–Kier alpha value is -3.61. The summed E-state index contributed by atoms with van der Waals surface area (Å²) in [5, 5.41) is 10.5. The second-order valence-electron chi connectivity index (χ2n) is 10.5. The van der Waals surface area contributed by atoms with Crippen LogP contribution < -0.4 is 4.74 Å². The monoisotopic (exact) mass is 516 g/mol. The van der Waals surface area contributed by atoms with Gasteiger partial charge in [-0.1, -0.05) is 48.0 Å². The lowest BCUT2D eigenvalue weighted by Crippen LogP contribution is -2.45. The predicted molar refractivity (Wildman–Crippen MR) is 144 cm³/mol. The molecule has 0 spiro atoms. The van der Waals surface area contributed by atoms with Crippen LogP contribution in [0.3, 0.4) is 0 Å². The fraction of sp³-hybridized carbons (Fsp3) is 0.452. The lowest BCUT2D eigenvalue weighted by atomic mass is 9.79. The van der Waals surface area contributed by atoms with Gasteiger partial charge >= 0.3 is 5.97 Å². The van der Waals surface area contributed by atoms with Crippen LogP contribution in [0.4, 0.5) is 0 Å². The summed E-state index contributed by atoms with van der Waals surface area (Å²) in [5.41, 5.74) is 2.90. The zero-order valence-corrected chi connectivity index (χ0v) is 21.8. The molecule has 7 heteroatoms. The Labute approximate surface area is 224 Å². The maximum Gasteiger partial charge on any atom is 0.313 e. The van der Waals surface area contributed by atoms with Gasteiger partial charge in [-0.15, -0.1) is 0 Å². The number of allylic oxidation sites excluding steroid dienone is 1. The quantitative estimate of drug-likeness (QED) is 0.479. The van der Waals surface area contributed by atoms with Gasteiger partial charge in [0.05, 0.1) is 6.04 Å². The number of carbonyl (C=O) groups is 3. The summed E-state index contributed by atoms with van der Waals surface area (Å²) in [4.78, 5) is 43.0. The van der Waals surface area contributed by atoms with Crippen LogP contribution in [0.1, 0.15) is 84.8 Å². The first-order chi connectivity index (χ1) is 18.5. The molecule has 0 aromatic heterocycles. The molecule has 1 fully saturated rings. The zero-order valence-electron chi connectivity index (χ0n) is 21.8. The number of benzene rings is 2. The Morgan fingerprint density at radius 3 is 2.39 bits per heavy atom. The Balaban J connectivity index is 1.48. The van der Waals surface area contributed by atoms with Gasteiger partial charge in [-0.2, -0.15) is 0 Å². The van der Waals surface area contributed by atoms with E-state index in [0.717, 1.165) is 51.6 Å². The van der Waals surface area contributed by atoms with Gasteiger partial charge < -0.3 is 19.6 Å². The normalized spacial score (nSPS) is 21.5. The van der Waals surface area contributed by atoms with Crippen LogP contribution in [0.5, 0.6) is 5.75 Å². The van der Waals surface area contributed by atoms with Crippen LogP contribution in [0, 0.1) is 0 Å². The molecule has 1 saturated heterocycles. The van der Waals surface area contributed by atoms with Crippen LogP contribution in [-0.4, -0.2) is 58.9 Å². The van der Waals surface area contributed by atoms with Gasteiger partial charge in [0, 0.05) is 30.8 Å². The average Bonchev–Trinajstić information content (AvgIpc) is 2.96. The van der Waals surface area contributed by atoms with Crippen molar-refractivity contribution >= 4 is 17.8 Å². The maximum absolute atomic E-state index is 13.8. The molecule has 3 aliphatic rings. The number of para-hydroxylation sites is 1. The number of carboxylic acids is 1. The molecule has 1 aliphatic carbocycles. The number of carboxylic acid groups (broad SMARTS) is 1. The lowest BCUT2D eigenvalue weighted by molar-refractivity contribution is -0.140. The van der Waals surface area contributed by atoms with Crippen molar-refractivity contribution in [2.24, 2.45) is 0 Å². The highest BCUT2D eigenvalue weighted by Gasteiger charge is 2.45. The number of aliphatic carboxylic acids is 1. The van der Waals surface area contributed by atoms with E-state index in [1.807, 2.05) is 23.1 Å². The molecule has 2 heterocycles. The number of hydrogen-bond donors (Lipinski definition) is 1.